The first-order valence-corrected chi connectivity index (χ1v) is 33.0. The summed E-state index contributed by atoms with van der Waals surface area (Å²) < 4.78 is 43.4. The fraction of sp³-hybridized carbons (Fsp3) is 0.381. The maximum Gasteiger partial charge on any atom is 0.398 e. The summed E-state index contributed by atoms with van der Waals surface area (Å²) in [6.45, 7) is 20.5. The second-order valence-electron chi connectivity index (χ2n) is 26.8. The van der Waals surface area contributed by atoms with Crippen molar-refractivity contribution in [2.24, 2.45) is 29.1 Å². The van der Waals surface area contributed by atoms with E-state index in [0.29, 0.717) is 31.5 Å². The van der Waals surface area contributed by atoms with Gasteiger partial charge in [0.1, 0.15) is 29.1 Å². The number of benzene rings is 8. The molecule has 0 fully saturated rings. The van der Waals surface area contributed by atoms with Gasteiger partial charge in [0.15, 0.2) is 0 Å². The highest BCUT2D eigenvalue weighted by Crippen LogP contribution is 2.37. The van der Waals surface area contributed by atoms with E-state index >= 15 is 0 Å². The van der Waals surface area contributed by atoms with Crippen molar-refractivity contribution in [1.29, 1.82) is 0 Å². The summed E-state index contributed by atoms with van der Waals surface area (Å²) in [5.41, 5.74) is 8.20. The van der Waals surface area contributed by atoms with Crippen molar-refractivity contribution >= 4 is 23.1 Å². The molecule has 0 spiro atoms. The fourth-order valence-corrected chi connectivity index (χ4v) is 11.2. The Morgan fingerprint density at radius 2 is 0.505 bits per heavy atom. The number of halogens is 3. The molecule has 6 nitrogen and oxygen atoms in total. The smallest absolute Gasteiger partial charge is 0.390 e. The number of hydrogen-bond acceptors (Lipinski definition) is 6. The van der Waals surface area contributed by atoms with Gasteiger partial charge in [-0.15, -0.1) is 0 Å². The summed E-state index contributed by atoms with van der Waals surface area (Å²) in [6.07, 6.45) is -0.0824. The zero-order valence-corrected chi connectivity index (χ0v) is 57.0. The normalized spacial score (nSPS) is 13.1. The number of rotatable bonds is 27. The molecule has 9 heteroatoms. The van der Waals surface area contributed by atoms with Gasteiger partial charge in [-0.2, -0.15) is 13.2 Å². The van der Waals surface area contributed by atoms with Gasteiger partial charge in [0.25, 0.3) is 0 Å². The van der Waals surface area contributed by atoms with Gasteiger partial charge >= 0.3 is 6.18 Å². The number of carbonyl (C=O) groups is 4. The molecule has 0 saturated carbocycles. The van der Waals surface area contributed by atoms with Crippen molar-refractivity contribution in [3.05, 3.63) is 287 Å². The van der Waals surface area contributed by atoms with Crippen LogP contribution >= 0.6 is 0 Å². The Balaban J connectivity index is 0.000000225. The molecule has 0 aliphatic heterocycles. The Labute approximate surface area is 554 Å². The lowest BCUT2D eigenvalue weighted by molar-refractivity contribution is -0.177. The fourth-order valence-electron chi connectivity index (χ4n) is 11.2. The molecule has 0 heterocycles. The van der Waals surface area contributed by atoms with Gasteiger partial charge < -0.3 is 9.84 Å². The molecule has 0 bridgehead atoms. The summed E-state index contributed by atoms with van der Waals surface area (Å²) in [4.78, 5) is 49.4. The largest absolute Gasteiger partial charge is 0.398 e. The minimum absolute atomic E-state index is 0.0338. The summed E-state index contributed by atoms with van der Waals surface area (Å²) >= 11 is 0. The van der Waals surface area contributed by atoms with Crippen LogP contribution in [0.1, 0.15) is 196 Å². The third kappa shape index (κ3) is 24.9. The van der Waals surface area contributed by atoms with Crippen LogP contribution in [0.2, 0.25) is 0 Å². The molecule has 0 amide bonds. The maximum atomic E-state index is 12.6. The van der Waals surface area contributed by atoms with E-state index in [-0.39, 0.29) is 64.8 Å². The quantitative estimate of drug-likeness (QED) is 0.0551. The van der Waals surface area contributed by atoms with Gasteiger partial charge in [0.05, 0.1) is 11.2 Å². The highest BCUT2D eigenvalue weighted by molar-refractivity contribution is 5.83. The average molecular weight is 1260 g/mol. The van der Waals surface area contributed by atoms with Gasteiger partial charge in [0, 0.05) is 74.2 Å². The highest BCUT2D eigenvalue weighted by atomic mass is 19.4. The molecular formula is C84H101F3O6. The standard InChI is InChI=1S/C22H28O2.C22H28O.C21H26O2.C19H19F3O/c1-17(22(2,3)24-4)21(23)16-15-20(18-11-7-5-8-12-18)19-13-9-6-10-14-19;1-17(22(2,3)4)21(23)16-15-20(18-11-7-5-8-12-18)19-13-9-6-10-14-19;1-16(21(2,3)23)20(22)15-14-19(17-10-6-4-7-11-17)18-12-8-5-9-13-18;1-14(19(20,21)22)18(23)13-12-17(15-8-4-2-5-9-15)16-10-6-3-7-11-16/h5-14,17,20H,15-16H2,1-4H3;5-14,17,20H,15-16H2,1-4H3;4-13,16,19,23H,14-15H2,1-3H3;2-11,14,17H,12-13H2,1H3/t;17-;16-;/m.11./s1. The number of methoxy groups -OCH3 is 1. The SMILES string of the molecule is CC(C(=O)CCC(c1ccccc1)c1ccccc1)C(F)(F)F.COC(C)(C)C(C)C(=O)CCC(c1ccccc1)c1ccccc1.C[C@H](C(=O)CCC(c1ccccc1)c1ccccc1)C(C)(C)C.C[C@H](C(=O)CCC(c1ccccc1)c1ccccc1)C(C)(C)O. The predicted octanol–water partition coefficient (Wildman–Crippen LogP) is 21.0. The van der Waals surface area contributed by atoms with Gasteiger partial charge in [0.2, 0.25) is 0 Å². The van der Waals surface area contributed by atoms with E-state index in [1.165, 1.54) is 33.4 Å². The van der Waals surface area contributed by atoms with Crippen LogP contribution in [-0.4, -0.2) is 52.7 Å². The van der Waals surface area contributed by atoms with Gasteiger partial charge in [-0.05, 0) is 110 Å². The maximum absolute atomic E-state index is 12.6. The third-order valence-corrected chi connectivity index (χ3v) is 18.7. The van der Waals surface area contributed by atoms with E-state index in [1.54, 1.807) is 21.0 Å². The van der Waals surface area contributed by atoms with Crippen LogP contribution in [0.5, 0.6) is 0 Å². The number of hydrogen-bond donors (Lipinski definition) is 1. The zero-order valence-electron chi connectivity index (χ0n) is 57.0. The molecule has 2 unspecified atom stereocenters. The summed E-state index contributed by atoms with van der Waals surface area (Å²) in [7, 11) is 1.67. The predicted molar refractivity (Wildman–Crippen MR) is 375 cm³/mol. The molecule has 4 atom stereocenters. The average Bonchev–Trinajstić information content (AvgIpc) is 0.981. The second-order valence-corrected chi connectivity index (χ2v) is 26.8. The summed E-state index contributed by atoms with van der Waals surface area (Å²) in [5, 5.41) is 10.0. The number of ketones is 4. The first-order valence-electron chi connectivity index (χ1n) is 33.0. The number of ether oxygens (including phenoxy) is 1. The topological polar surface area (TPSA) is 97.7 Å². The molecule has 0 saturated heterocycles. The van der Waals surface area contributed by atoms with Crippen molar-refractivity contribution in [1.82, 2.24) is 0 Å². The Kier molecular flexibility index (Phi) is 30.3. The van der Waals surface area contributed by atoms with E-state index in [1.807, 2.05) is 149 Å². The summed E-state index contributed by atoms with van der Waals surface area (Å²) in [6, 6.07) is 81.6. The molecule has 8 rings (SSSR count). The van der Waals surface area contributed by atoms with Gasteiger partial charge in [-0.25, -0.2) is 0 Å². The molecule has 494 valence electrons. The van der Waals surface area contributed by atoms with Crippen LogP contribution in [0, 0.1) is 29.1 Å². The molecule has 8 aromatic carbocycles. The van der Waals surface area contributed by atoms with E-state index in [9.17, 15) is 37.5 Å². The van der Waals surface area contributed by atoms with Crippen LogP contribution in [0.4, 0.5) is 13.2 Å². The highest BCUT2D eigenvalue weighted by Gasteiger charge is 2.41. The first kappa shape index (κ1) is 75.9. The van der Waals surface area contributed by atoms with Crippen molar-refractivity contribution < 1.29 is 42.2 Å². The Bertz CT molecular complexity index is 2970. The molecule has 8 aromatic rings. The van der Waals surface area contributed by atoms with E-state index in [4.69, 9.17) is 4.74 Å². The molecule has 0 aromatic heterocycles. The minimum Gasteiger partial charge on any atom is -0.390 e. The summed E-state index contributed by atoms with van der Waals surface area (Å²) in [5.74, 6) is -1.63. The van der Waals surface area contributed by atoms with Crippen LogP contribution in [0.25, 0.3) is 0 Å². The second kappa shape index (κ2) is 37.1. The van der Waals surface area contributed by atoms with Crippen LogP contribution < -0.4 is 0 Å². The lowest BCUT2D eigenvalue weighted by atomic mass is 9.77. The molecule has 0 radical (unpaired) electrons. The molecule has 93 heavy (non-hydrogen) atoms. The van der Waals surface area contributed by atoms with Crippen molar-refractivity contribution in [2.75, 3.05) is 7.11 Å². The monoisotopic (exact) mass is 1260 g/mol. The lowest BCUT2D eigenvalue weighted by Crippen LogP contribution is -2.36. The molecular weight excluding hydrogens is 1160 g/mol. The van der Waals surface area contributed by atoms with E-state index in [2.05, 4.69) is 149 Å². The van der Waals surface area contributed by atoms with Crippen LogP contribution in [-0.2, 0) is 23.9 Å². The van der Waals surface area contributed by atoms with E-state index < -0.39 is 29.1 Å². The first-order chi connectivity index (χ1) is 44.1. The lowest BCUT2D eigenvalue weighted by Gasteiger charge is -2.29. The number of carbonyl (C=O) groups excluding carboxylic acids is 4. The van der Waals surface area contributed by atoms with Gasteiger partial charge in [-0.3, -0.25) is 19.2 Å². The van der Waals surface area contributed by atoms with Crippen LogP contribution in [0.15, 0.2) is 243 Å². The Hall–Kier alpha value is -7.85. The van der Waals surface area contributed by atoms with E-state index in [0.717, 1.165) is 37.3 Å². The van der Waals surface area contributed by atoms with Crippen LogP contribution in [0.3, 0.4) is 0 Å². The third-order valence-electron chi connectivity index (χ3n) is 18.7. The zero-order chi connectivity index (χ0) is 68.2. The van der Waals surface area contributed by atoms with Crippen molar-refractivity contribution in [2.45, 2.75) is 169 Å². The number of aliphatic hydroxyl groups is 1. The number of alkyl halides is 3. The van der Waals surface area contributed by atoms with Gasteiger partial charge in [-0.1, -0.05) is 284 Å². The molecule has 0 aliphatic carbocycles. The van der Waals surface area contributed by atoms with Crippen molar-refractivity contribution in [3.8, 4) is 0 Å². The Morgan fingerprint density at radius 3 is 0.677 bits per heavy atom. The molecule has 1 N–H and O–H groups in total. The minimum atomic E-state index is -4.47. The van der Waals surface area contributed by atoms with Crippen molar-refractivity contribution in [3.63, 3.8) is 0 Å². The number of Topliss-reactive ketones (excluding diaryl/α,β-unsaturated/α-hetero) is 4. The molecule has 0 aliphatic rings. The Morgan fingerprint density at radius 1 is 0.323 bits per heavy atom.